The highest BCUT2D eigenvalue weighted by molar-refractivity contribution is 7.91. The molecule has 1 atom stereocenters. The van der Waals surface area contributed by atoms with Crippen molar-refractivity contribution in [1.29, 1.82) is 0 Å². The average molecular weight is 304 g/mol. The summed E-state index contributed by atoms with van der Waals surface area (Å²) >= 11 is 0. The van der Waals surface area contributed by atoms with Crippen LogP contribution in [0.3, 0.4) is 0 Å². The molecule has 1 aliphatic heterocycles. The molecule has 0 aromatic heterocycles. The summed E-state index contributed by atoms with van der Waals surface area (Å²) in [5.74, 6) is -0.131. The molecule has 1 fully saturated rings. The maximum absolute atomic E-state index is 12.4. The first-order chi connectivity index (χ1) is 9.09. The Balaban J connectivity index is 2.75. The number of hydrogen-bond acceptors (Lipinski definition) is 4. The van der Waals surface area contributed by atoms with Crippen LogP contribution in [-0.4, -0.2) is 54.8 Å². The largest absolute Gasteiger partial charge is 0.342 e. The zero-order valence-electron chi connectivity index (χ0n) is 12.6. The summed E-state index contributed by atoms with van der Waals surface area (Å²) in [5, 5.41) is 2.70. The van der Waals surface area contributed by atoms with Crippen molar-refractivity contribution < 1.29 is 18.0 Å². The minimum absolute atomic E-state index is 0.0712. The molecule has 6 nitrogen and oxygen atoms in total. The van der Waals surface area contributed by atoms with Gasteiger partial charge in [0.1, 0.15) is 15.4 Å². The van der Waals surface area contributed by atoms with Gasteiger partial charge in [-0.15, -0.1) is 0 Å². The Morgan fingerprint density at radius 2 is 1.95 bits per heavy atom. The lowest BCUT2D eigenvalue weighted by molar-refractivity contribution is -0.138. The van der Waals surface area contributed by atoms with Crippen LogP contribution in [-0.2, 0) is 19.4 Å². The molecular formula is C13H24N2O4S. The van der Waals surface area contributed by atoms with Crippen molar-refractivity contribution >= 4 is 21.7 Å². The number of amides is 2. The summed E-state index contributed by atoms with van der Waals surface area (Å²) in [6.07, 6.45) is 0.645. The number of nitrogens with one attached hydrogen (secondary N) is 1. The molecule has 1 aliphatic rings. The molecule has 0 bridgehead atoms. The SMILES string of the molecule is CCS(=O)(=O)CCCN1C(=O)C(C)(C)NC(=O)CC1C. The van der Waals surface area contributed by atoms with E-state index >= 15 is 0 Å². The lowest BCUT2D eigenvalue weighted by atomic mass is 10.0. The van der Waals surface area contributed by atoms with Crippen LogP contribution in [0.25, 0.3) is 0 Å². The minimum Gasteiger partial charge on any atom is -0.342 e. The van der Waals surface area contributed by atoms with Gasteiger partial charge in [-0.05, 0) is 27.2 Å². The van der Waals surface area contributed by atoms with Gasteiger partial charge in [-0.3, -0.25) is 9.59 Å². The van der Waals surface area contributed by atoms with Crippen molar-refractivity contribution in [3.05, 3.63) is 0 Å². The van der Waals surface area contributed by atoms with E-state index in [1.165, 1.54) is 0 Å². The third kappa shape index (κ3) is 4.19. The van der Waals surface area contributed by atoms with E-state index in [0.29, 0.717) is 13.0 Å². The van der Waals surface area contributed by atoms with Crippen molar-refractivity contribution in [2.24, 2.45) is 0 Å². The predicted molar refractivity (Wildman–Crippen MR) is 77.0 cm³/mol. The Morgan fingerprint density at radius 1 is 1.35 bits per heavy atom. The summed E-state index contributed by atoms with van der Waals surface area (Å²) in [6, 6.07) is -0.214. The summed E-state index contributed by atoms with van der Waals surface area (Å²) in [6.45, 7) is 7.12. The fourth-order valence-electron chi connectivity index (χ4n) is 2.31. The molecular weight excluding hydrogens is 280 g/mol. The zero-order chi connectivity index (χ0) is 15.6. The second-order valence-corrected chi connectivity index (χ2v) is 8.29. The van der Waals surface area contributed by atoms with E-state index in [2.05, 4.69) is 5.32 Å². The smallest absolute Gasteiger partial charge is 0.247 e. The summed E-state index contributed by atoms with van der Waals surface area (Å²) in [7, 11) is -3.02. The van der Waals surface area contributed by atoms with Gasteiger partial charge in [-0.1, -0.05) is 6.92 Å². The van der Waals surface area contributed by atoms with Gasteiger partial charge in [0.2, 0.25) is 11.8 Å². The maximum Gasteiger partial charge on any atom is 0.247 e. The predicted octanol–water partition coefficient (Wildman–Crippen LogP) is 0.327. The van der Waals surface area contributed by atoms with Gasteiger partial charge in [0, 0.05) is 24.8 Å². The maximum atomic E-state index is 12.4. The van der Waals surface area contributed by atoms with E-state index < -0.39 is 15.4 Å². The van der Waals surface area contributed by atoms with Crippen LogP contribution in [0.15, 0.2) is 0 Å². The van der Waals surface area contributed by atoms with E-state index in [1.54, 1.807) is 25.7 Å². The van der Waals surface area contributed by atoms with Crippen LogP contribution in [0.4, 0.5) is 0 Å². The van der Waals surface area contributed by atoms with Crippen LogP contribution in [0.5, 0.6) is 0 Å². The molecule has 2 amide bonds. The molecule has 116 valence electrons. The van der Waals surface area contributed by atoms with Crippen LogP contribution in [0.2, 0.25) is 0 Å². The van der Waals surface area contributed by atoms with Crippen molar-refractivity contribution in [2.75, 3.05) is 18.1 Å². The molecule has 0 aliphatic carbocycles. The minimum atomic E-state index is -3.02. The molecule has 20 heavy (non-hydrogen) atoms. The Kier molecular flexibility index (Phi) is 5.18. The number of nitrogens with zero attached hydrogens (tertiary/aromatic N) is 1. The van der Waals surface area contributed by atoms with Gasteiger partial charge in [0.25, 0.3) is 0 Å². The third-order valence-electron chi connectivity index (χ3n) is 3.55. The van der Waals surface area contributed by atoms with Gasteiger partial charge in [-0.25, -0.2) is 8.42 Å². The monoisotopic (exact) mass is 304 g/mol. The lowest BCUT2D eigenvalue weighted by Gasteiger charge is -2.32. The van der Waals surface area contributed by atoms with E-state index in [1.807, 2.05) is 6.92 Å². The number of rotatable bonds is 5. The zero-order valence-corrected chi connectivity index (χ0v) is 13.4. The Morgan fingerprint density at radius 3 is 2.50 bits per heavy atom. The Labute approximate surface area is 120 Å². The van der Waals surface area contributed by atoms with Gasteiger partial charge in [0.05, 0.1) is 5.75 Å². The number of carbonyl (C=O) groups is 2. The van der Waals surface area contributed by atoms with Crippen molar-refractivity contribution in [3.63, 3.8) is 0 Å². The lowest BCUT2D eigenvalue weighted by Crippen LogP contribution is -2.54. The first-order valence-corrected chi connectivity index (χ1v) is 8.73. The molecule has 0 spiro atoms. The molecule has 0 aromatic rings. The quantitative estimate of drug-likeness (QED) is 0.793. The number of hydrogen-bond donors (Lipinski definition) is 1. The summed E-state index contributed by atoms with van der Waals surface area (Å²) in [5.41, 5.74) is -0.939. The summed E-state index contributed by atoms with van der Waals surface area (Å²) in [4.78, 5) is 25.7. The molecule has 1 N–H and O–H groups in total. The van der Waals surface area contributed by atoms with E-state index in [0.717, 1.165) is 0 Å². The molecule has 0 radical (unpaired) electrons. The first-order valence-electron chi connectivity index (χ1n) is 6.91. The molecule has 1 unspecified atom stereocenters. The second-order valence-electron chi connectivity index (χ2n) is 5.81. The van der Waals surface area contributed by atoms with Crippen LogP contribution < -0.4 is 5.32 Å². The Bertz CT molecular complexity index is 485. The van der Waals surface area contributed by atoms with Crippen LogP contribution in [0, 0.1) is 0 Å². The molecule has 7 heteroatoms. The highest BCUT2D eigenvalue weighted by Crippen LogP contribution is 2.18. The van der Waals surface area contributed by atoms with Gasteiger partial charge < -0.3 is 10.2 Å². The van der Waals surface area contributed by atoms with Crippen molar-refractivity contribution in [3.8, 4) is 0 Å². The highest BCUT2D eigenvalue weighted by atomic mass is 32.2. The van der Waals surface area contributed by atoms with Crippen LogP contribution in [0.1, 0.15) is 40.5 Å². The molecule has 1 heterocycles. The number of carbonyl (C=O) groups excluding carboxylic acids is 2. The molecule has 0 saturated carbocycles. The average Bonchev–Trinajstić information content (AvgIpc) is 2.38. The van der Waals surface area contributed by atoms with Crippen LogP contribution >= 0.6 is 0 Å². The topological polar surface area (TPSA) is 83.6 Å². The van der Waals surface area contributed by atoms with Gasteiger partial charge in [0.15, 0.2) is 0 Å². The molecule has 0 aromatic carbocycles. The molecule has 1 rings (SSSR count). The fraction of sp³-hybridized carbons (Fsp3) is 0.846. The van der Waals surface area contributed by atoms with Crippen molar-refractivity contribution in [2.45, 2.75) is 52.1 Å². The van der Waals surface area contributed by atoms with E-state index in [-0.39, 0.29) is 35.8 Å². The summed E-state index contributed by atoms with van der Waals surface area (Å²) < 4.78 is 23.0. The normalized spacial score (nSPS) is 23.4. The van der Waals surface area contributed by atoms with Gasteiger partial charge >= 0.3 is 0 Å². The first kappa shape index (κ1) is 16.9. The third-order valence-corrected chi connectivity index (χ3v) is 5.34. The van der Waals surface area contributed by atoms with E-state index in [9.17, 15) is 18.0 Å². The number of sulfone groups is 1. The Hall–Kier alpha value is -1.11. The fourth-order valence-corrected chi connectivity index (χ4v) is 3.17. The molecule has 1 saturated heterocycles. The standard InChI is InChI=1S/C13H24N2O4S/c1-5-20(18,19)8-6-7-15-10(2)9-11(16)14-13(3,4)12(15)17/h10H,5-9H2,1-4H3,(H,14,16). The highest BCUT2D eigenvalue weighted by Gasteiger charge is 2.39. The van der Waals surface area contributed by atoms with Gasteiger partial charge in [-0.2, -0.15) is 0 Å². The van der Waals surface area contributed by atoms with Crippen molar-refractivity contribution in [1.82, 2.24) is 10.2 Å². The van der Waals surface area contributed by atoms with E-state index in [4.69, 9.17) is 0 Å². The second kappa shape index (κ2) is 6.11.